The molecule has 0 fully saturated rings. The molecule has 126 valence electrons. The molecule has 0 saturated heterocycles. The summed E-state index contributed by atoms with van der Waals surface area (Å²) < 4.78 is 0.635. The summed E-state index contributed by atoms with van der Waals surface area (Å²) in [4.78, 5) is 27.2. The maximum atomic E-state index is 12.4. The van der Waals surface area contributed by atoms with E-state index in [1.54, 1.807) is 6.07 Å². The Kier molecular flexibility index (Phi) is 5.09. The minimum Gasteiger partial charge on any atom is -0.298 e. The second kappa shape index (κ2) is 7.28. The Labute approximate surface area is 161 Å². The number of anilines is 1. The summed E-state index contributed by atoms with van der Waals surface area (Å²) >= 11 is 3.28. The van der Waals surface area contributed by atoms with Crippen LogP contribution in [0.5, 0.6) is 0 Å². The SMILES string of the molecule is Cc1ccc(-c2csc(NC(=O)c3cc([N+](=O)[O-])ccc3I)n2)cc1. The quantitative estimate of drug-likeness (QED) is 0.338. The van der Waals surface area contributed by atoms with E-state index in [4.69, 9.17) is 0 Å². The lowest BCUT2D eigenvalue weighted by Crippen LogP contribution is -2.13. The Morgan fingerprint density at radius 2 is 1.96 bits per heavy atom. The van der Waals surface area contributed by atoms with Gasteiger partial charge in [-0.25, -0.2) is 4.98 Å². The van der Waals surface area contributed by atoms with E-state index in [9.17, 15) is 14.9 Å². The summed E-state index contributed by atoms with van der Waals surface area (Å²) in [5, 5.41) is 15.9. The average Bonchev–Trinajstić information content (AvgIpc) is 3.04. The van der Waals surface area contributed by atoms with E-state index >= 15 is 0 Å². The van der Waals surface area contributed by atoms with E-state index in [1.165, 1.54) is 23.5 Å². The maximum Gasteiger partial charge on any atom is 0.270 e. The van der Waals surface area contributed by atoms with E-state index in [1.807, 2.05) is 59.2 Å². The number of hydrogen-bond donors (Lipinski definition) is 1. The Bertz CT molecular complexity index is 954. The van der Waals surface area contributed by atoms with Gasteiger partial charge in [-0.3, -0.25) is 20.2 Å². The van der Waals surface area contributed by atoms with Crippen LogP contribution in [-0.4, -0.2) is 15.8 Å². The molecule has 3 rings (SSSR count). The fourth-order valence-corrected chi connectivity index (χ4v) is 3.45. The maximum absolute atomic E-state index is 12.4. The third-order valence-electron chi connectivity index (χ3n) is 3.48. The lowest BCUT2D eigenvalue weighted by molar-refractivity contribution is -0.384. The van der Waals surface area contributed by atoms with Crippen LogP contribution >= 0.6 is 33.9 Å². The predicted molar refractivity (Wildman–Crippen MR) is 106 cm³/mol. The van der Waals surface area contributed by atoms with Crippen LogP contribution in [0.15, 0.2) is 47.8 Å². The molecule has 0 bridgehead atoms. The van der Waals surface area contributed by atoms with E-state index in [0.29, 0.717) is 8.70 Å². The molecule has 1 N–H and O–H groups in total. The Morgan fingerprint density at radius 3 is 2.64 bits per heavy atom. The van der Waals surface area contributed by atoms with Gasteiger partial charge < -0.3 is 0 Å². The standard InChI is InChI=1S/C17H12IN3O3S/c1-10-2-4-11(5-3-10)15-9-25-17(19-15)20-16(22)13-8-12(21(23)24)6-7-14(13)18/h2-9H,1H3,(H,19,20,22). The van der Waals surface area contributed by atoms with E-state index < -0.39 is 10.8 Å². The molecule has 1 aromatic heterocycles. The summed E-state index contributed by atoms with van der Waals surface area (Å²) in [7, 11) is 0. The molecule has 0 aliphatic carbocycles. The van der Waals surface area contributed by atoms with Crippen molar-refractivity contribution in [3.8, 4) is 11.3 Å². The van der Waals surface area contributed by atoms with Crippen molar-refractivity contribution in [2.24, 2.45) is 0 Å². The number of thiazole rings is 1. The van der Waals surface area contributed by atoms with Crippen LogP contribution in [-0.2, 0) is 0 Å². The molecule has 2 aromatic carbocycles. The van der Waals surface area contributed by atoms with Crippen LogP contribution in [0.2, 0.25) is 0 Å². The van der Waals surface area contributed by atoms with Gasteiger partial charge in [-0.2, -0.15) is 0 Å². The second-order valence-corrected chi connectivity index (χ2v) is 7.30. The molecule has 25 heavy (non-hydrogen) atoms. The number of aromatic nitrogens is 1. The highest BCUT2D eigenvalue weighted by Crippen LogP contribution is 2.26. The van der Waals surface area contributed by atoms with Crippen LogP contribution < -0.4 is 5.32 Å². The molecule has 0 aliphatic heterocycles. The number of non-ortho nitro benzene ring substituents is 1. The van der Waals surface area contributed by atoms with E-state index in [-0.39, 0.29) is 11.3 Å². The first kappa shape index (κ1) is 17.5. The van der Waals surface area contributed by atoms with Crippen LogP contribution in [0.1, 0.15) is 15.9 Å². The fourth-order valence-electron chi connectivity index (χ4n) is 2.15. The first-order chi connectivity index (χ1) is 11.9. The monoisotopic (exact) mass is 465 g/mol. The zero-order valence-corrected chi connectivity index (χ0v) is 16.0. The van der Waals surface area contributed by atoms with Gasteiger partial charge in [0.2, 0.25) is 0 Å². The molecule has 0 unspecified atom stereocenters. The third kappa shape index (κ3) is 4.02. The third-order valence-corrected chi connectivity index (χ3v) is 5.18. The molecule has 6 nitrogen and oxygen atoms in total. The first-order valence-electron chi connectivity index (χ1n) is 7.22. The van der Waals surface area contributed by atoms with E-state index in [0.717, 1.165) is 16.8 Å². The van der Waals surface area contributed by atoms with Crippen LogP contribution in [0.25, 0.3) is 11.3 Å². The Hall–Kier alpha value is -2.33. The number of nitro groups is 1. The predicted octanol–water partition coefficient (Wildman–Crippen LogP) is 4.88. The highest BCUT2D eigenvalue weighted by atomic mass is 127. The summed E-state index contributed by atoms with van der Waals surface area (Å²) in [6, 6.07) is 12.1. The number of rotatable bonds is 4. The number of nitrogens with zero attached hydrogens (tertiary/aromatic N) is 2. The molecule has 3 aromatic rings. The van der Waals surface area contributed by atoms with Gasteiger partial charge in [0.25, 0.3) is 11.6 Å². The first-order valence-corrected chi connectivity index (χ1v) is 9.18. The molecule has 0 atom stereocenters. The van der Waals surface area contributed by atoms with Crippen LogP contribution in [0, 0.1) is 20.6 Å². The summed E-state index contributed by atoms with van der Waals surface area (Å²) in [5.41, 5.74) is 3.03. The summed E-state index contributed by atoms with van der Waals surface area (Å²) in [6.45, 7) is 2.01. The molecular weight excluding hydrogens is 453 g/mol. The number of nitrogens with one attached hydrogen (secondary N) is 1. The number of carbonyl (C=O) groups excluding carboxylic acids is 1. The van der Waals surface area contributed by atoms with Gasteiger partial charge in [0.1, 0.15) is 0 Å². The van der Waals surface area contributed by atoms with Crippen molar-refractivity contribution in [1.29, 1.82) is 0 Å². The highest BCUT2D eigenvalue weighted by Gasteiger charge is 2.17. The Balaban J connectivity index is 1.81. The van der Waals surface area contributed by atoms with Crippen molar-refractivity contribution in [2.45, 2.75) is 6.92 Å². The lowest BCUT2D eigenvalue weighted by Gasteiger charge is -2.04. The van der Waals surface area contributed by atoms with Gasteiger partial charge in [0.15, 0.2) is 5.13 Å². The number of benzene rings is 2. The fraction of sp³-hybridized carbons (Fsp3) is 0.0588. The lowest BCUT2D eigenvalue weighted by atomic mass is 10.1. The van der Waals surface area contributed by atoms with Crippen molar-refractivity contribution in [3.05, 3.63) is 72.7 Å². The van der Waals surface area contributed by atoms with Gasteiger partial charge in [0.05, 0.1) is 16.2 Å². The summed E-state index contributed by atoms with van der Waals surface area (Å²) in [6.07, 6.45) is 0. The average molecular weight is 465 g/mol. The molecule has 0 aliphatic rings. The smallest absolute Gasteiger partial charge is 0.270 e. The Morgan fingerprint density at radius 1 is 1.24 bits per heavy atom. The molecule has 0 radical (unpaired) electrons. The minimum absolute atomic E-state index is 0.120. The molecule has 1 amide bonds. The van der Waals surface area contributed by atoms with Gasteiger partial charge >= 0.3 is 0 Å². The van der Waals surface area contributed by atoms with Crippen LogP contribution in [0.4, 0.5) is 10.8 Å². The summed E-state index contributed by atoms with van der Waals surface area (Å²) in [5.74, 6) is -0.419. The van der Waals surface area contributed by atoms with Gasteiger partial charge in [-0.05, 0) is 35.6 Å². The van der Waals surface area contributed by atoms with E-state index in [2.05, 4.69) is 10.3 Å². The molecule has 1 heterocycles. The molecular formula is C17H12IN3O3S. The number of aryl methyl sites for hydroxylation is 1. The van der Waals surface area contributed by atoms with Crippen molar-refractivity contribution in [1.82, 2.24) is 4.98 Å². The number of nitro benzene ring substituents is 1. The molecule has 0 spiro atoms. The number of hydrogen-bond acceptors (Lipinski definition) is 5. The highest BCUT2D eigenvalue weighted by molar-refractivity contribution is 14.1. The normalized spacial score (nSPS) is 10.5. The molecule has 0 saturated carbocycles. The van der Waals surface area contributed by atoms with Gasteiger partial charge in [0, 0.05) is 26.6 Å². The number of halogens is 1. The minimum atomic E-state index is -0.522. The van der Waals surface area contributed by atoms with Gasteiger partial charge in [-0.1, -0.05) is 29.8 Å². The van der Waals surface area contributed by atoms with Crippen molar-refractivity contribution in [3.63, 3.8) is 0 Å². The van der Waals surface area contributed by atoms with Crippen LogP contribution in [0.3, 0.4) is 0 Å². The largest absolute Gasteiger partial charge is 0.298 e. The van der Waals surface area contributed by atoms with Crippen molar-refractivity contribution >= 4 is 50.7 Å². The van der Waals surface area contributed by atoms with Crippen molar-refractivity contribution < 1.29 is 9.72 Å². The molecule has 8 heteroatoms. The van der Waals surface area contributed by atoms with Gasteiger partial charge in [-0.15, -0.1) is 11.3 Å². The zero-order chi connectivity index (χ0) is 18.0. The topological polar surface area (TPSA) is 85.1 Å². The zero-order valence-electron chi connectivity index (χ0n) is 13.0. The van der Waals surface area contributed by atoms with Crippen molar-refractivity contribution in [2.75, 3.05) is 5.32 Å². The number of amides is 1. The number of carbonyl (C=O) groups is 1. The second-order valence-electron chi connectivity index (χ2n) is 5.28.